The maximum atomic E-state index is 12.3. The molecule has 0 aromatic carbocycles. The molecule has 1 N–H and O–H groups in total. The lowest BCUT2D eigenvalue weighted by Gasteiger charge is -2.36. The topological polar surface area (TPSA) is 50.7 Å². The van der Waals surface area contributed by atoms with Crippen molar-refractivity contribution >= 4 is 12.2 Å². The molecule has 1 aliphatic carbocycles. The van der Waals surface area contributed by atoms with Crippen molar-refractivity contribution in [2.75, 3.05) is 6.54 Å². The van der Waals surface area contributed by atoms with E-state index in [0.29, 0.717) is 12.5 Å². The van der Waals surface area contributed by atoms with Crippen LogP contribution in [0.15, 0.2) is 16.8 Å². The van der Waals surface area contributed by atoms with Crippen LogP contribution < -0.4 is 5.32 Å². The number of hydrogen-bond acceptors (Lipinski definition) is 4. The molecule has 0 radical (unpaired) electrons. The van der Waals surface area contributed by atoms with Crippen LogP contribution >= 0.6 is 0 Å². The standard InChI is InChI=1S/C21H36N2O2/c1-5-11-21(16-23-18-8-9-18,14-17-7-6-13-22-15-17)12-10-19(24)25-20(2,3)4/h13,15,18,23H,5-12,14,16H2,1-4H3. The number of carbonyl (C=O) groups excluding carboxylic acids is 1. The van der Waals surface area contributed by atoms with Crippen LogP contribution in [0.2, 0.25) is 0 Å². The van der Waals surface area contributed by atoms with Crippen molar-refractivity contribution in [1.29, 1.82) is 0 Å². The van der Waals surface area contributed by atoms with Gasteiger partial charge in [0.1, 0.15) is 5.60 Å². The molecular weight excluding hydrogens is 312 g/mol. The van der Waals surface area contributed by atoms with Gasteiger partial charge < -0.3 is 10.1 Å². The summed E-state index contributed by atoms with van der Waals surface area (Å²) in [5.41, 5.74) is 1.15. The van der Waals surface area contributed by atoms with E-state index in [4.69, 9.17) is 4.74 Å². The summed E-state index contributed by atoms with van der Waals surface area (Å²) in [5, 5.41) is 3.73. The highest BCUT2D eigenvalue weighted by molar-refractivity contribution is 5.69. The first-order valence-corrected chi connectivity index (χ1v) is 9.97. The Balaban J connectivity index is 2.02. The van der Waals surface area contributed by atoms with Gasteiger partial charge in [-0.1, -0.05) is 18.9 Å². The Morgan fingerprint density at radius 3 is 2.64 bits per heavy atom. The Morgan fingerprint density at radius 1 is 1.32 bits per heavy atom. The highest BCUT2D eigenvalue weighted by Gasteiger charge is 2.34. The zero-order valence-electron chi connectivity index (χ0n) is 16.6. The van der Waals surface area contributed by atoms with Gasteiger partial charge in [0.25, 0.3) is 0 Å². The Labute approximate surface area is 153 Å². The Morgan fingerprint density at radius 2 is 2.08 bits per heavy atom. The zero-order chi connectivity index (χ0) is 18.3. The molecule has 142 valence electrons. The van der Waals surface area contributed by atoms with Crippen molar-refractivity contribution in [3.63, 3.8) is 0 Å². The van der Waals surface area contributed by atoms with Gasteiger partial charge in [0, 0.05) is 31.4 Å². The summed E-state index contributed by atoms with van der Waals surface area (Å²) >= 11 is 0. The van der Waals surface area contributed by atoms with Crippen molar-refractivity contribution in [3.05, 3.63) is 11.8 Å². The third-order valence-corrected chi connectivity index (χ3v) is 4.96. The van der Waals surface area contributed by atoms with Gasteiger partial charge >= 0.3 is 5.97 Å². The van der Waals surface area contributed by atoms with E-state index in [1.54, 1.807) is 0 Å². The maximum absolute atomic E-state index is 12.3. The molecule has 1 unspecified atom stereocenters. The smallest absolute Gasteiger partial charge is 0.306 e. The van der Waals surface area contributed by atoms with Crippen molar-refractivity contribution < 1.29 is 9.53 Å². The van der Waals surface area contributed by atoms with Gasteiger partial charge in [0.2, 0.25) is 0 Å². The molecule has 0 saturated heterocycles. The van der Waals surface area contributed by atoms with Crippen LogP contribution in [-0.4, -0.2) is 30.4 Å². The molecule has 1 atom stereocenters. The molecular formula is C21H36N2O2. The fourth-order valence-electron chi connectivity index (χ4n) is 3.64. The molecule has 2 aliphatic rings. The molecule has 25 heavy (non-hydrogen) atoms. The summed E-state index contributed by atoms with van der Waals surface area (Å²) < 4.78 is 5.54. The van der Waals surface area contributed by atoms with Crippen molar-refractivity contribution in [1.82, 2.24) is 5.32 Å². The van der Waals surface area contributed by atoms with Gasteiger partial charge in [-0.2, -0.15) is 0 Å². The monoisotopic (exact) mass is 348 g/mol. The van der Waals surface area contributed by atoms with Gasteiger partial charge in [-0.25, -0.2) is 0 Å². The first-order valence-electron chi connectivity index (χ1n) is 9.97. The highest BCUT2D eigenvalue weighted by atomic mass is 16.6. The third-order valence-electron chi connectivity index (χ3n) is 4.96. The van der Waals surface area contributed by atoms with Crippen molar-refractivity contribution in [2.24, 2.45) is 10.4 Å². The summed E-state index contributed by atoms with van der Waals surface area (Å²) in [5.74, 6) is -0.0740. The predicted molar refractivity (Wildman–Crippen MR) is 104 cm³/mol. The molecule has 2 rings (SSSR count). The normalized spacial score (nSPS) is 20.1. The molecule has 4 heteroatoms. The van der Waals surface area contributed by atoms with Crippen LogP contribution in [0.5, 0.6) is 0 Å². The molecule has 1 fully saturated rings. The lowest BCUT2D eigenvalue weighted by Crippen LogP contribution is -2.37. The molecule has 0 aromatic rings. The van der Waals surface area contributed by atoms with Gasteiger partial charge in [-0.3, -0.25) is 9.79 Å². The van der Waals surface area contributed by atoms with Crippen LogP contribution in [0.4, 0.5) is 0 Å². The number of rotatable bonds is 10. The maximum Gasteiger partial charge on any atom is 0.306 e. The molecule has 0 bridgehead atoms. The second kappa shape index (κ2) is 8.98. The lowest BCUT2D eigenvalue weighted by atomic mass is 9.73. The lowest BCUT2D eigenvalue weighted by molar-refractivity contribution is -0.155. The molecule has 4 nitrogen and oxygen atoms in total. The van der Waals surface area contributed by atoms with Crippen LogP contribution in [0.3, 0.4) is 0 Å². The highest BCUT2D eigenvalue weighted by Crippen LogP contribution is 2.39. The quantitative estimate of drug-likeness (QED) is 0.578. The Bertz CT molecular complexity index is 501. The number of aliphatic imine (C=N–C) groups is 1. The number of allylic oxidation sites excluding steroid dienone is 1. The van der Waals surface area contributed by atoms with Gasteiger partial charge in [-0.15, -0.1) is 0 Å². The van der Waals surface area contributed by atoms with Crippen LogP contribution in [-0.2, 0) is 9.53 Å². The first-order chi connectivity index (χ1) is 11.8. The molecule has 0 aromatic heterocycles. The minimum atomic E-state index is -0.405. The van der Waals surface area contributed by atoms with E-state index in [1.807, 2.05) is 33.2 Å². The van der Waals surface area contributed by atoms with E-state index in [9.17, 15) is 4.79 Å². The van der Waals surface area contributed by atoms with E-state index < -0.39 is 5.60 Å². The van der Waals surface area contributed by atoms with E-state index in [2.05, 4.69) is 17.2 Å². The number of esters is 1. The minimum Gasteiger partial charge on any atom is -0.460 e. The fraction of sp³-hybridized carbons (Fsp3) is 0.810. The molecule has 1 aliphatic heterocycles. The van der Waals surface area contributed by atoms with E-state index >= 15 is 0 Å². The van der Waals surface area contributed by atoms with E-state index in [0.717, 1.165) is 45.1 Å². The average molecular weight is 349 g/mol. The fourth-order valence-corrected chi connectivity index (χ4v) is 3.64. The average Bonchev–Trinajstić information content (AvgIpc) is 3.35. The molecule has 0 spiro atoms. The number of nitrogens with one attached hydrogen (secondary N) is 1. The minimum absolute atomic E-state index is 0.0740. The van der Waals surface area contributed by atoms with Gasteiger partial charge in [0.05, 0.1) is 0 Å². The molecule has 0 amide bonds. The predicted octanol–water partition coefficient (Wildman–Crippen LogP) is 4.79. The molecule has 1 saturated carbocycles. The number of carbonyl (C=O) groups is 1. The zero-order valence-corrected chi connectivity index (χ0v) is 16.6. The van der Waals surface area contributed by atoms with E-state index in [-0.39, 0.29) is 11.4 Å². The van der Waals surface area contributed by atoms with Crippen molar-refractivity contribution in [3.8, 4) is 0 Å². The van der Waals surface area contributed by atoms with Crippen molar-refractivity contribution in [2.45, 2.75) is 97.1 Å². The second-order valence-electron chi connectivity index (χ2n) is 8.83. The number of ether oxygens (including phenoxy) is 1. The summed E-state index contributed by atoms with van der Waals surface area (Å²) in [7, 11) is 0. The van der Waals surface area contributed by atoms with Crippen LogP contribution in [0.1, 0.15) is 85.5 Å². The van der Waals surface area contributed by atoms with Crippen LogP contribution in [0, 0.1) is 5.41 Å². The SMILES string of the molecule is CCCC(CCC(=O)OC(C)(C)C)(CNC1CC1)CC1=CN=CCC1. The summed E-state index contributed by atoms with van der Waals surface area (Å²) in [4.78, 5) is 16.6. The van der Waals surface area contributed by atoms with Gasteiger partial charge in [-0.05, 0) is 71.1 Å². The third kappa shape index (κ3) is 7.72. The second-order valence-corrected chi connectivity index (χ2v) is 8.83. The van der Waals surface area contributed by atoms with Crippen LogP contribution in [0.25, 0.3) is 0 Å². The Kier molecular flexibility index (Phi) is 7.24. The number of nitrogens with zero attached hydrogens (tertiary/aromatic N) is 1. The largest absolute Gasteiger partial charge is 0.460 e. The summed E-state index contributed by atoms with van der Waals surface area (Å²) in [6, 6.07) is 0.691. The Hall–Kier alpha value is -1.16. The molecule has 1 heterocycles. The summed E-state index contributed by atoms with van der Waals surface area (Å²) in [6.07, 6.45) is 13.5. The first kappa shape index (κ1) is 20.2. The number of hydrogen-bond donors (Lipinski definition) is 1. The van der Waals surface area contributed by atoms with Gasteiger partial charge in [0.15, 0.2) is 0 Å². The summed E-state index contributed by atoms with van der Waals surface area (Å²) in [6.45, 7) is 9.04. The van der Waals surface area contributed by atoms with E-state index in [1.165, 1.54) is 18.4 Å².